The predicted molar refractivity (Wildman–Crippen MR) is 104 cm³/mol. The second-order valence-corrected chi connectivity index (χ2v) is 8.80. The molecule has 4 aromatic rings. The maximum absolute atomic E-state index is 12.7. The molecule has 0 spiro atoms. The molecule has 0 aliphatic heterocycles. The van der Waals surface area contributed by atoms with E-state index in [0.717, 1.165) is 27.4 Å². The van der Waals surface area contributed by atoms with Crippen LogP contribution < -0.4 is 0 Å². The zero-order valence-corrected chi connectivity index (χ0v) is 15.8. The van der Waals surface area contributed by atoms with Crippen LogP contribution >= 0.6 is 0 Å². The Kier molecular flexibility index (Phi) is 4.01. The largest absolute Gasteiger partial charge is 0.361 e. The summed E-state index contributed by atoms with van der Waals surface area (Å²) in [6, 6.07) is 11.1. The molecular formula is C20H18N4O2S. The number of H-pyrrole nitrogens is 1. The van der Waals surface area contributed by atoms with Crippen molar-refractivity contribution in [3.63, 3.8) is 0 Å². The van der Waals surface area contributed by atoms with Crippen LogP contribution in [0.25, 0.3) is 21.8 Å². The first-order valence-electron chi connectivity index (χ1n) is 8.62. The Morgan fingerprint density at radius 1 is 1.26 bits per heavy atom. The number of nitriles is 1. The minimum absolute atomic E-state index is 0.0436. The van der Waals surface area contributed by atoms with Crippen molar-refractivity contribution in [1.29, 1.82) is 5.26 Å². The highest BCUT2D eigenvalue weighted by Crippen LogP contribution is 2.30. The molecule has 0 saturated heterocycles. The minimum atomic E-state index is -3.38. The van der Waals surface area contributed by atoms with Crippen LogP contribution in [-0.4, -0.2) is 28.9 Å². The molecule has 4 rings (SSSR count). The Hall–Kier alpha value is -3.11. The zero-order chi connectivity index (χ0) is 19.2. The number of fused-ring (bicyclic) bond motifs is 2. The van der Waals surface area contributed by atoms with E-state index in [4.69, 9.17) is 5.26 Å². The second-order valence-electron chi connectivity index (χ2n) is 6.55. The molecule has 0 atom stereocenters. The van der Waals surface area contributed by atoms with Gasteiger partial charge in [0, 0.05) is 34.2 Å². The lowest BCUT2D eigenvalue weighted by atomic mass is 10.1. The zero-order valence-electron chi connectivity index (χ0n) is 15.0. The molecule has 2 heterocycles. The van der Waals surface area contributed by atoms with Gasteiger partial charge in [-0.1, -0.05) is 6.92 Å². The van der Waals surface area contributed by atoms with Crippen LogP contribution in [0.1, 0.15) is 23.6 Å². The summed E-state index contributed by atoms with van der Waals surface area (Å²) in [7, 11) is -3.38. The average Bonchev–Trinajstić information content (AvgIpc) is 3.29. The van der Waals surface area contributed by atoms with E-state index < -0.39 is 9.84 Å². The number of hydrogen-bond donors (Lipinski definition) is 1. The maximum atomic E-state index is 12.7. The van der Waals surface area contributed by atoms with E-state index in [9.17, 15) is 8.42 Å². The number of sulfone groups is 1. The van der Waals surface area contributed by atoms with Gasteiger partial charge >= 0.3 is 0 Å². The van der Waals surface area contributed by atoms with Gasteiger partial charge in [0.05, 0.1) is 34.3 Å². The number of aromatic amines is 1. The van der Waals surface area contributed by atoms with Gasteiger partial charge in [-0.05, 0) is 42.8 Å². The maximum Gasteiger partial charge on any atom is 0.178 e. The normalized spacial score (nSPS) is 11.9. The Morgan fingerprint density at radius 2 is 2.07 bits per heavy atom. The molecule has 136 valence electrons. The van der Waals surface area contributed by atoms with Gasteiger partial charge in [0.2, 0.25) is 0 Å². The van der Waals surface area contributed by atoms with Crippen LogP contribution in [0.3, 0.4) is 0 Å². The van der Waals surface area contributed by atoms with Crippen LogP contribution in [0.2, 0.25) is 0 Å². The molecule has 2 aromatic heterocycles. The Morgan fingerprint density at radius 3 is 2.81 bits per heavy atom. The van der Waals surface area contributed by atoms with Gasteiger partial charge in [-0.3, -0.25) is 4.68 Å². The van der Waals surface area contributed by atoms with Crippen molar-refractivity contribution in [3.05, 3.63) is 59.4 Å². The summed E-state index contributed by atoms with van der Waals surface area (Å²) < 4.78 is 27.2. The van der Waals surface area contributed by atoms with Gasteiger partial charge in [-0.2, -0.15) is 10.4 Å². The number of benzene rings is 2. The van der Waals surface area contributed by atoms with E-state index in [1.54, 1.807) is 29.8 Å². The molecule has 0 bridgehead atoms. The van der Waals surface area contributed by atoms with E-state index in [1.807, 2.05) is 31.5 Å². The van der Waals surface area contributed by atoms with Gasteiger partial charge in [0.25, 0.3) is 0 Å². The lowest BCUT2D eigenvalue weighted by Crippen LogP contribution is -2.11. The fourth-order valence-electron chi connectivity index (χ4n) is 3.41. The molecule has 0 unspecified atom stereocenters. The van der Waals surface area contributed by atoms with Crippen LogP contribution in [0.4, 0.5) is 0 Å². The Labute approximate surface area is 157 Å². The van der Waals surface area contributed by atoms with E-state index >= 15 is 0 Å². The standard InChI is InChI=1S/C20H18N4O2S/c1-3-27(25,26)19-8-13(2)20-16(6-7-22-20)17(19)12-24-11-15-5-4-14(10-21)9-18(15)23-24/h4-9,11,22H,3,12H2,1-2H3. The van der Waals surface area contributed by atoms with Crippen molar-refractivity contribution in [2.75, 3.05) is 5.75 Å². The SMILES string of the molecule is CCS(=O)(=O)c1cc(C)c2[nH]ccc2c1Cn1cc2ccc(C#N)cc2n1. The third-order valence-electron chi connectivity index (χ3n) is 4.83. The van der Waals surface area contributed by atoms with E-state index in [0.29, 0.717) is 22.5 Å². The summed E-state index contributed by atoms with van der Waals surface area (Å²) in [5.41, 5.74) is 3.82. The molecule has 6 nitrogen and oxygen atoms in total. The fraction of sp³-hybridized carbons (Fsp3) is 0.200. The summed E-state index contributed by atoms with van der Waals surface area (Å²) in [5.74, 6) is 0.0436. The van der Waals surface area contributed by atoms with Crippen LogP contribution in [0.5, 0.6) is 0 Å². The predicted octanol–water partition coefficient (Wildman–Crippen LogP) is 3.54. The first kappa shape index (κ1) is 17.3. The first-order valence-corrected chi connectivity index (χ1v) is 10.3. The van der Waals surface area contributed by atoms with E-state index in [1.165, 1.54) is 0 Å². The van der Waals surface area contributed by atoms with Crippen molar-refractivity contribution in [2.24, 2.45) is 0 Å². The molecule has 0 fully saturated rings. The van der Waals surface area contributed by atoms with Crippen molar-refractivity contribution in [3.8, 4) is 6.07 Å². The smallest absolute Gasteiger partial charge is 0.178 e. The van der Waals surface area contributed by atoms with Gasteiger partial charge < -0.3 is 4.98 Å². The molecule has 2 aromatic carbocycles. The van der Waals surface area contributed by atoms with Gasteiger partial charge in [0.1, 0.15) is 0 Å². The second kappa shape index (κ2) is 6.25. The molecule has 0 saturated carbocycles. The summed E-state index contributed by atoms with van der Waals surface area (Å²) in [6.07, 6.45) is 3.69. The molecule has 0 amide bonds. The Bertz CT molecular complexity index is 1320. The number of hydrogen-bond acceptors (Lipinski definition) is 4. The first-order chi connectivity index (χ1) is 12.9. The van der Waals surface area contributed by atoms with Gasteiger partial charge in [-0.15, -0.1) is 0 Å². The molecule has 0 radical (unpaired) electrons. The van der Waals surface area contributed by atoms with Gasteiger partial charge in [-0.25, -0.2) is 8.42 Å². The van der Waals surface area contributed by atoms with E-state index in [2.05, 4.69) is 16.2 Å². The van der Waals surface area contributed by atoms with Crippen LogP contribution in [0.15, 0.2) is 47.6 Å². The third kappa shape index (κ3) is 2.88. The third-order valence-corrected chi connectivity index (χ3v) is 6.62. The number of aryl methyl sites for hydroxylation is 1. The summed E-state index contributed by atoms with van der Waals surface area (Å²) >= 11 is 0. The molecule has 0 aliphatic rings. The number of rotatable bonds is 4. The summed E-state index contributed by atoms with van der Waals surface area (Å²) in [4.78, 5) is 3.55. The summed E-state index contributed by atoms with van der Waals surface area (Å²) in [6.45, 7) is 3.89. The quantitative estimate of drug-likeness (QED) is 0.588. The van der Waals surface area contributed by atoms with E-state index in [-0.39, 0.29) is 5.75 Å². The molecular weight excluding hydrogens is 360 g/mol. The highest BCUT2D eigenvalue weighted by atomic mass is 32.2. The highest BCUT2D eigenvalue weighted by molar-refractivity contribution is 7.91. The Balaban J connectivity index is 1.91. The lowest BCUT2D eigenvalue weighted by molar-refractivity contribution is 0.594. The fourth-order valence-corrected chi connectivity index (χ4v) is 4.63. The topological polar surface area (TPSA) is 91.5 Å². The number of aromatic nitrogens is 3. The highest BCUT2D eigenvalue weighted by Gasteiger charge is 2.21. The van der Waals surface area contributed by atoms with Crippen LogP contribution in [0, 0.1) is 18.3 Å². The van der Waals surface area contributed by atoms with Crippen molar-refractivity contribution in [1.82, 2.24) is 14.8 Å². The number of nitrogens with one attached hydrogen (secondary N) is 1. The van der Waals surface area contributed by atoms with Gasteiger partial charge in [0.15, 0.2) is 9.84 Å². The number of nitrogens with zero attached hydrogens (tertiary/aromatic N) is 3. The van der Waals surface area contributed by atoms with Crippen molar-refractivity contribution < 1.29 is 8.42 Å². The monoisotopic (exact) mass is 378 g/mol. The lowest BCUT2D eigenvalue weighted by Gasteiger charge is -2.13. The average molecular weight is 378 g/mol. The van der Waals surface area contributed by atoms with Crippen LogP contribution in [-0.2, 0) is 16.4 Å². The van der Waals surface area contributed by atoms with Crippen molar-refractivity contribution >= 4 is 31.6 Å². The molecule has 0 aliphatic carbocycles. The molecule has 27 heavy (non-hydrogen) atoms. The summed E-state index contributed by atoms with van der Waals surface area (Å²) in [5, 5.41) is 15.4. The van der Waals surface area contributed by atoms with Crippen molar-refractivity contribution in [2.45, 2.75) is 25.3 Å². The molecule has 1 N–H and O–H groups in total. The minimum Gasteiger partial charge on any atom is -0.361 e. The molecule has 7 heteroatoms.